The summed E-state index contributed by atoms with van der Waals surface area (Å²) in [5, 5.41) is 8.41. The highest BCUT2D eigenvalue weighted by atomic mass is 32.2. The van der Waals surface area contributed by atoms with Gasteiger partial charge in [-0.05, 0) is 25.0 Å². The van der Waals surface area contributed by atoms with Crippen molar-refractivity contribution in [1.82, 2.24) is 0 Å². The number of carboxylic acid groups (broad SMARTS) is 1. The first-order chi connectivity index (χ1) is 8.32. The maximum atomic E-state index is 13.4. The van der Waals surface area contributed by atoms with Crippen LogP contribution < -0.4 is 4.72 Å². The van der Waals surface area contributed by atoms with E-state index in [0.29, 0.717) is 5.56 Å². The zero-order valence-electron chi connectivity index (χ0n) is 9.81. The Hall–Kier alpha value is -1.63. The molecule has 0 aliphatic carbocycles. The van der Waals surface area contributed by atoms with Gasteiger partial charge in [-0.3, -0.25) is 9.52 Å². The smallest absolute Gasteiger partial charge is 0.303 e. The van der Waals surface area contributed by atoms with Crippen LogP contribution in [0.15, 0.2) is 18.2 Å². The molecule has 7 heteroatoms. The van der Waals surface area contributed by atoms with E-state index in [9.17, 15) is 17.6 Å². The fourth-order valence-electron chi connectivity index (χ4n) is 1.38. The van der Waals surface area contributed by atoms with Crippen molar-refractivity contribution in [1.29, 1.82) is 0 Å². The van der Waals surface area contributed by atoms with Crippen LogP contribution >= 0.6 is 0 Å². The topological polar surface area (TPSA) is 83.5 Å². The third kappa shape index (κ3) is 4.33. The maximum Gasteiger partial charge on any atom is 0.303 e. The molecule has 0 unspecified atom stereocenters. The fraction of sp³-hybridized carbons (Fsp3) is 0.364. The van der Waals surface area contributed by atoms with Crippen molar-refractivity contribution in [3.63, 3.8) is 0 Å². The third-order valence-corrected chi connectivity index (χ3v) is 3.62. The number of sulfonamides is 1. The number of rotatable bonds is 6. The summed E-state index contributed by atoms with van der Waals surface area (Å²) in [6.45, 7) is 1.58. The zero-order valence-corrected chi connectivity index (χ0v) is 10.6. The van der Waals surface area contributed by atoms with Gasteiger partial charge < -0.3 is 5.11 Å². The second kappa shape index (κ2) is 5.81. The molecular weight excluding hydrogens is 261 g/mol. The number of aryl methyl sites for hydroxylation is 1. The van der Waals surface area contributed by atoms with Gasteiger partial charge in [0.2, 0.25) is 10.0 Å². The third-order valence-electron chi connectivity index (χ3n) is 2.28. The number of carbonyl (C=O) groups is 1. The Morgan fingerprint density at radius 2 is 2.11 bits per heavy atom. The number of hydrogen-bond donors (Lipinski definition) is 2. The van der Waals surface area contributed by atoms with Crippen LogP contribution in [-0.2, 0) is 14.8 Å². The summed E-state index contributed by atoms with van der Waals surface area (Å²) in [4.78, 5) is 10.3. The minimum atomic E-state index is -3.73. The molecule has 0 aliphatic rings. The highest BCUT2D eigenvalue weighted by molar-refractivity contribution is 7.92. The number of nitrogens with one attached hydrogen (secondary N) is 1. The van der Waals surface area contributed by atoms with Gasteiger partial charge in [-0.2, -0.15) is 0 Å². The number of anilines is 1. The molecule has 0 radical (unpaired) electrons. The van der Waals surface area contributed by atoms with Crippen LogP contribution in [0.2, 0.25) is 0 Å². The lowest BCUT2D eigenvalue weighted by Gasteiger charge is -2.10. The van der Waals surface area contributed by atoms with Crippen molar-refractivity contribution in [3.05, 3.63) is 29.6 Å². The van der Waals surface area contributed by atoms with E-state index >= 15 is 0 Å². The molecule has 0 heterocycles. The predicted octanol–water partition coefficient (Wildman–Crippen LogP) is 1.74. The summed E-state index contributed by atoms with van der Waals surface area (Å²) in [5.74, 6) is -2.07. The van der Waals surface area contributed by atoms with Crippen molar-refractivity contribution < 1.29 is 22.7 Å². The maximum absolute atomic E-state index is 13.4. The number of hydrogen-bond acceptors (Lipinski definition) is 3. The number of halogens is 1. The summed E-state index contributed by atoms with van der Waals surface area (Å²) in [5.41, 5.74) is 0.379. The van der Waals surface area contributed by atoms with Crippen molar-refractivity contribution in [2.45, 2.75) is 19.8 Å². The quantitative estimate of drug-likeness (QED) is 0.828. The largest absolute Gasteiger partial charge is 0.481 e. The normalized spacial score (nSPS) is 11.2. The lowest BCUT2D eigenvalue weighted by Crippen LogP contribution is -2.18. The van der Waals surface area contributed by atoms with Gasteiger partial charge in [0.1, 0.15) is 5.82 Å². The minimum Gasteiger partial charge on any atom is -0.481 e. The first-order valence-corrected chi connectivity index (χ1v) is 6.94. The lowest BCUT2D eigenvalue weighted by molar-refractivity contribution is -0.137. The highest BCUT2D eigenvalue weighted by Gasteiger charge is 2.15. The average Bonchev–Trinajstić information content (AvgIpc) is 2.23. The molecule has 18 heavy (non-hydrogen) atoms. The second-order valence-electron chi connectivity index (χ2n) is 3.85. The van der Waals surface area contributed by atoms with Crippen LogP contribution in [0.5, 0.6) is 0 Å². The Morgan fingerprint density at radius 1 is 1.44 bits per heavy atom. The van der Waals surface area contributed by atoms with Crippen LogP contribution in [0.1, 0.15) is 18.4 Å². The Kier molecular flexibility index (Phi) is 4.66. The van der Waals surface area contributed by atoms with Crippen molar-refractivity contribution in [2.24, 2.45) is 0 Å². The number of carboxylic acids is 1. The van der Waals surface area contributed by atoms with E-state index in [1.54, 1.807) is 13.0 Å². The highest BCUT2D eigenvalue weighted by Crippen LogP contribution is 2.20. The molecule has 1 aromatic rings. The van der Waals surface area contributed by atoms with E-state index in [2.05, 4.69) is 4.72 Å². The van der Waals surface area contributed by atoms with Crippen molar-refractivity contribution in [2.75, 3.05) is 10.5 Å². The Morgan fingerprint density at radius 3 is 2.67 bits per heavy atom. The molecule has 0 fully saturated rings. The molecule has 0 spiro atoms. The number of para-hydroxylation sites is 1. The van der Waals surface area contributed by atoms with Gasteiger partial charge in [0, 0.05) is 6.42 Å². The Balaban J connectivity index is 2.74. The molecule has 0 atom stereocenters. The first kappa shape index (κ1) is 14.4. The summed E-state index contributed by atoms with van der Waals surface area (Å²) < 4.78 is 38.8. The Labute approximate surface area is 105 Å². The van der Waals surface area contributed by atoms with Crippen LogP contribution in [-0.4, -0.2) is 25.2 Å². The number of benzene rings is 1. The molecule has 0 saturated carbocycles. The van der Waals surface area contributed by atoms with Crippen molar-refractivity contribution in [3.8, 4) is 0 Å². The van der Waals surface area contributed by atoms with Gasteiger partial charge in [0.15, 0.2) is 0 Å². The molecule has 0 bridgehead atoms. The summed E-state index contributed by atoms with van der Waals surface area (Å²) in [7, 11) is -3.73. The predicted molar refractivity (Wildman–Crippen MR) is 65.4 cm³/mol. The van der Waals surface area contributed by atoms with Crippen LogP contribution in [0.3, 0.4) is 0 Å². The van der Waals surface area contributed by atoms with Gasteiger partial charge in [0.25, 0.3) is 0 Å². The van der Waals surface area contributed by atoms with E-state index in [1.165, 1.54) is 6.07 Å². The van der Waals surface area contributed by atoms with E-state index in [0.717, 1.165) is 6.07 Å². The van der Waals surface area contributed by atoms with Crippen LogP contribution in [0.4, 0.5) is 10.1 Å². The molecule has 100 valence electrons. The fourth-order valence-corrected chi connectivity index (χ4v) is 2.58. The summed E-state index contributed by atoms with van der Waals surface area (Å²) in [6, 6.07) is 4.22. The molecular formula is C11H14FNO4S. The molecule has 0 aromatic heterocycles. The molecule has 5 nitrogen and oxygen atoms in total. The molecule has 0 aliphatic heterocycles. The Bertz CT molecular complexity index is 522. The van der Waals surface area contributed by atoms with Crippen LogP contribution in [0, 0.1) is 12.7 Å². The standard InChI is InChI=1S/C11H14FNO4S/c1-8-4-2-5-9(12)11(8)13-18(16,17)7-3-6-10(14)15/h2,4-5,13H,3,6-7H2,1H3,(H,14,15). The van der Waals surface area contributed by atoms with Gasteiger partial charge in [-0.15, -0.1) is 0 Å². The lowest BCUT2D eigenvalue weighted by atomic mass is 10.2. The van der Waals surface area contributed by atoms with E-state index in [1.807, 2.05) is 0 Å². The first-order valence-electron chi connectivity index (χ1n) is 5.29. The van der Waals surface area contributed by atoms with Gasteiger partial charge in [0.05, 0.1) is 11.4 Å². The van der Waals surface area contributed by atoms with Crippen molar-refractivity contribution >= 4 is 21.7 Å². The molecule has 2 N–H and O–H groups in total. The molecule has 1 aromatic carbocycles. The van der Waals surface area contributed by atoms with Gasteiger partial charge in [-0.25, -0.2) is 12.8 Å². The second-order valence-corrected chi connectivity index (χ2v) is 5.69. The average molecular weight is 275 g/mol. The SMILES string of the molecule is Cc1cccc(F)c1NS(=O)(=O)CCCC(=O)O. The summed E-state index contributed by atoms with van der Waals surface area (Å²) in [6.07, 6.45) is -0.255. The van der Waals surface area contributed by atoms with E-state index in [4.69, 9.17) is 5.11 Å². The molecule has 0 saturated heterocycles. The van der Waals surface area contributed by atoms with Crippen LogP contribution in [0.25, 0.3) is 0 Å². The van der Waals surface area contributed by atoms with E-state index < -0.39 is 21.8 Å². The van der Waals surface area contributed by atoms with Gasteiger partial charge >= 0.3 is 5.97 Å². The molecule has 0 amide bonds. The van der Waals surface area contributed by atoms with E-state index in [-0.39, 0.29) is 24.3 Å². The monoisotopic (exact) mass is 275 g/mol. The zero-order chi connectivity index (χ0) is 13.8. The summed E-state index contributed by atoms with van der Waals surface area (Å²) >= 11 is 0. The minimum absolute atomic E-state index is 0.0157. The number of aliphatic carboxylic acids is 1. The molecule has 1 rings (SSSR count). The van der Waals surface area contributed by atoms with Gasteiger partial charge in [-0.1, -0.05) is 12.1 Å².